The Kier molecular flexibility index (Phi) is 5.37. The molecule has 0 spiro atoms. The summed E-state index contributed by atoms with van der Waals surface area (Å²) in [4.78, 5) is 0.365. The van der Waals surface area contributed by atoms with Crippen LogP contribution in [0.25, 0.3) is 10.8 Å². The summed E-state index contributed by atoms with van der Waals surface area (Å²) in [6.45, 7) is 4.86. The van der Waals surface area contributed by atoms with Crippen LogP contribution in [-0.4, -0.2) is 15.0 Å². The van der Waals surface area contributed by atoms with Crippen LogP contribution in [0.3, 0.4) is 0 Å². The fourth-order valence-electron chi connectivity index (χ4n) is 2.39. The van der Waals surface area contributed by atoms with Gasteiger partial charge >= 0.3 is 0 Å². The number of nitrogens with one attached hydrogen (secondary N) is 1. The Labute approximate surface area is 127 Å². The van der Waals surface area contributed by atoms with E-state index in [1.54, 1.807) is 12.1 Å². The van der Waals surface area contributed by atoms with E-state index in [0.29, 0.717) is 17.4 Å². The third-order valence-electron chi connectivity index (χ3n) is 3.54. The van der Waals surface area contributed by atoms with Crippen LogP contribution >= 0.6 is 0 Å². The molecule has 0 unspecified atom stereocenters. The fraction of sp³-hybridized carbons (Fsp3) is 0.412. The molecule has 0 heterocycles. The van der Waals surface area contributed by atoms with Gasteiger partial charge in [-0.15, -0.1) is 0 Å². The summed E-state index contributed by atoms with van der Waals surface area (Å²) >= 11 is 0. The number of unbranched alkanes of at least 4 members (excludes halogenated alkanes) is 1. The van der Waals surface area contributed by atoms with Gasteiger partial charge in [0, 0.05) is 11.9 Å². The van der Waals surface area contributed by atoms with Gasteiger partial charge in [-0.05, 0) is 23.8 Å². The molecule has 2 aromatic carbocycles. The first-order chi connectivity index (χ1) is 10.0. The highest BCUT2D eigenvalue weighted by Gasteiger charge is 2.16. The molecule has 2 rings (SSSR count). The van der Waals surface area contributed by atoms with Crippen molar-refractivity contribution in [2.45, 2.75) is 38.0 Å². The normalized spacial score (nSPS) is 12.1. The number of rotatable bonds is 7. The van der Waals surface area contributed by atoms with Gasteiger partial charge < -0.3 is 0 Å². The lowest BCUT2D eigenvalue weighted by atomic mass is 10.1. The lowest BCUT2D eigenvalue weighted by Gasteiger charge is -2.10. The minimum Gasteiger partial charge on any atom is -0.211 e. The van der Waals surface area contributed by atoms with Crippen molar-refractivity contribution in [3.63, 3.8) is 0 Å². The Bertz CT molecular complexity index is 688. The topological polar surface area (TPSA) is 46.2 Å². The molecule has 0 aliphatic heterocycles. The van der Waals surface area contributed by atoms with Crippen molar-refractivity contribution < 1.29 is 8.42 Å². The minimum atomic E-state index is -3.44. The van der Waals surface area contributed by atoms with E-state index in [-0.39, 0.29) is 0 Å². The average molecular weight is 305 g/mol. The number of benzene rings is 2. The van der Waals surface area contributed by atoms with E-state index in [9.17, 15) is 8.42 Å². The Morgan fingerprint density at radius 3 is 2.48 bits per heavy atom. The van der Waals surface area contributed by atoms with Crippen LogP contribution in [0, 0.1) is 5.92 Å². The summed E-state index contributed by atoms with van der Waals surface area (Å²) in [6, 6.07) is 12.9. The highest BCUT2D eigenvalue weighted by molar-refractivity contribution is 7.89. The third-order valence-corrected chi connectivity index (χ3v) is 5.06. The lowest BCUT2D eigenvalue weighted by Crippen LogP contribution is -2.25. The molecule has 0 aromatic heterocycles. The molecular formula is C17H23NO2S. The SMILES string of the molecule is CC(C)CCCCNS(=O)(=O)c1cccc2ccccc12. The Morgan fingerprint density at radius 1 is 1.00 bits per heavy atom. The molecule has 2 aromatic rings. The summed E-state index contributed by atoms with van der Waals surface area (Å²) in [6.07, 6.45) is 3.06. The van der Waals surface area contributed by atoms with Crippen LogP contribution in [0.15, 0.2) is 47.4 Å². The quantitative estimate of drug-likeness (QED) is 0.787. The van der Waals surface area contributed by atoms with Gasteiger partial charge in [-0.2, -0.15) is 0 Å². The van der Waals surface area contributed by atoms with Crippen molar-refractivity contribution in [1.29, 1.82) is 0 Å². The van der Waals surface area contributed by atoms with Crippen molar-refractivity contribution >= 4 is 20.8 Å². The molecule has 0 saturated carbocycles. The number of hydrogen-bond donors (Lipinski definition) is 1. The molecule has 0 bridgehead atoms. The van der Waals surface area contributed by atoms with Crippen molar-refractivity contribution in [2.24, 2.45) is 5.92 Å². The Hall–Kier alpha value is -1.39. The Morgan fingerprint density at radius 2 is 1.71 bits per heavy atom. The first-order valence-electron chi connectivity index (χ1n) is 7.48. The van der Waals surface area contributed by atoms with E-state index in [1.807, 2.05) is 30.3 Å². The predicted molar refractivity (Wildman–Crippen MR) is 87.8 cm³/mol. The van der Waals surface area contributed by atoms with Gasteiger partial charge in [-0.1, -0.05) is 63.1 Å². The van der Waals surface area contributed by atoms with Crippen molar-refractivity contribution in [3.05, 3.63) is 42.5 Å². The van der Waals surface area contributed by atoms with E-state index < -0.39 is 10.0 Å². The van der Waals surface area contributed by atoms with Crippen LogP contribution in [0.2, 0.25) is 0 Å². The van der Waals surface area contributed by atoms with Gasteiger partial charge in [0.1, 0.15) is 0 Å². The van der Waals surface area contributed by atoms with Crippen LogP contribution < -0.4 is 4.72 Å². The third kappa shape index (κ3) is 4.29. The van der Waals surface area contributed by atoms with Crippen molar-refractivity contribution in [3.8, 4) is 0 Å². The molecule has 0 radical (unpaired) electrons. The van der Waals surface area contributed by atoms with Gasteiger partial charge in [0.05, 0.1) is 4.90 Å². The zero-order valence-corrected chi connectivity index (χ0v) is 13.5. The monoisotopic (exact) mass is 305 g/mol. The molecule has 0 fully saturated rings. The molecule has 21 heavy (non-hydrogen) atoms. The Balaban J connectivity index is 2.08. The molecule has 0 aliphatic carbocycles. The zero-order valence-electron chi connectivity index (χ0n) is 12.7. The average Bonchev–Trinajstić information content (AvgIpc) is 2.46. The predicted octanol–water partition coefficient (Wildman–Crippen LogP) is 3.94. The molecule has 1 N–H and O–H groups in total. The molecule has 3 nitrogen and oxygen atoms in total. The molecule has 4 heteroatoms. The number of fused-ring (bicyclic) bond motifs is 1. The maximum absolute atomic E-state index is 12.4. The van der Waals surface area contributed by atoms with Gasteiger partial charge in [0.2, 0.25) is 10.0 Å². The van der Waals surface area contributed by atoms with E-state index in [1.165, 1.54) is 0 Å². The standard InChI is InChI=1S/C17H23NO2S/c1-14(2)8-5-6-13-18-21(19,20)17-12-7-10-15-9-3-4-11-16(15)17/h3-4,7,9-12,14,18H,5-6,8,13H2,1-2H3. The first kappa shape index (κ1) is 16.0. The largest absolute Gasteiger partial charge is 0.241 e. The number of hydrogen-bond acceptors (Lipinski definition) is 2. The summed E-state index contributed by atoms with van der Waals surface area (Å²) in [5.74, 6) is 0.666. The first-order valence-corrected chi connectivity index (χ1v) is 8.96. The van der Waals surface area contributed by atoms with E-state index in [4.69, 9.17) is 0 Å². The smallest absolute Gasteiger partial charge is 0.211 e. The second-order valence-corrected chi connectivity index (χ2v) is 7.50. The summed E-state index contributed by atoms with van der Waals surface area (Å²) in [5, 5.41) is 1.72. The van der Waals surface area contributed by atoms with Crippen LogP contribution in [-0.2, 0) is 10.0 Å². The van der Waals surface area contributed by atoms with E-state index >= 15 is 0 Å². The molecule has 0 saturated heterocycles. The van der Waals surface area contributed by atoms with Gasteiger partial charge in [-0.25, -0.2) is 13.1 Å². The fourth-order valence-corrected chi connectivity index (χ4v) is 3.69. The second kappa shape index (κ2) is 7.05. The van der Waals surface area contributed by atoms with Gasteiger partial charge in [-0.3, -0.25) is 0 Å². The van der Waals surface area contributed by atoms with Gasteiger partial charge in [0.15, 0.2) is 0 Å². The maximum Gasteiger partial charge on any atom is 0.241 e. The molecule has 0 aliphatic rings. The minimum absolute atomic E-state index is 0.365. The maximum atomic E-state index is 12.4. The highest BCUT2D eigenvalue weighted by atomic mass is 32.2. The molecule has 114 valence electrons. The lowest BCUT2D eigenvalue weighted by molar-refractivity contribution is 0.531. The molecule has 0 amide bonds. The summed E-state index contributed by atoms with van der Waals surface area (Å²) in [5.41, 5.74) is 0. The summed E-state index contributed by atoms with van der Waals surface area (Å²) < 4.78 is 27.6. The van der Waals surface area contributed by atoms with E-state index in [2.05, 4.69) is 18.6 Å². The zero-order chi connectivity index (χ0) is 15.3. The molecular weight excluding hydrogens is 282 g/mol. The molecule has 0 atom stereocenters. The number of sulfonamides is 1. The van der Waals surface area contributed by atoms with Crippen molar-refractivity contribution in [2.75, 3.05) is 6.54 Å². The highest BCUT2D eigenvalue weighted by Crippen LogP contribution is 2.22. The summed E-state index contributed by atoms with van der Waals surface area (Å²) in [7, 11) is -3.44. The van der Waals surface area contributed by atoms with Crippen LogP contribution in [0.4, 0.5) is 0 Å². The second-order valence-electron chi connectivity index (χ2n) is 5.76. The van der Waals surface area contributed by atoms with Gasteiger partial charge in [0.25, 0.3) is 0 Å². The van der Waals surface area contributed by atoms with Crippen LogP contribution in [0.5, 0.6) is 0 Å². The van der Waals surface area contributed by atoms with Crippen LogP contribution in [0.1, 0.15) is 33.1 Å². The van der Waals surface area contributed by atoms with E-state index in [0.717, 1.165) is 30.0 Å². The van der Waals surface area contributed by atoms with Crippen molar-refractivity contribution in [1.82, 2.24) is 4.72 Å².